The number of thioether (sulfide) groups is 1. The van der Waals surface area contributed by atoms with Crippen molar-refractivity contribution in [1.82, 2.24) is 4.90 Å². The predicted octanol–water partition coefficient (Wildman–Crippen LogP) is 6.19. The Hall–Kier alpha value is -3.55. The molecule has 0 bridgehead atoms. The molecule has 172 valence electrons. The van der Waals surface area contributed by atoms with Crippen LogP contribution < -0.4 is 9.47 Å². The average molecular weight is 494 g/mol. The van der Waals surface area contributed by atoms with Gasteiger partial charge in [0.1, 0.15) is 0 Å². The van der Waals surface area contributed by atoms with Gasteiger partial charge in [0, 0.05) is 5.02 Å². The first-order chi connectivity index (χ1) is 16.5. The van der Waals surface area contributed by atoms with Gasteiger partial charge in [-0.3, -0.25) is 14.5 Å². The maximum Gasteiger partial charge on any atom is 0.343 e. The molecule has 8 heteroatoms. The molecule has 0 N–H and O–H groups in total. The zero-order chi connectivity index (χ0) is 24.1. The van der Waals surface area contributed by atoms with Gasteiger partial charge in [0.05, 0.1) is 23.6 Å². The largest absolute Gasteiger partial charge is 0.490 e. The summed E-state index contributed by atoms with van der Waals surface area (Å²) < 4.78 is 11.2. The molecule has 0 unspecified atom stereocenters. The normalized spacial score (nSPS) is 14.5. The minimum absolute atomic E-state index is 0.0975. The molecule has 2 amide bonds. The van der Waals surface area contributed by atoms with Crippen LogP contribution in [0.3, 0.4) is 0 Å². The van der Waals surface area contributed by atoms with Gasteiger partial charge in [0.25, 0.3) is 11.1 Å². The number of imide groups is 1. The molecule has 0 spiro atoms. The van der Waals surface area contributed by atoms with Crippen LogP contribution in [0.4, 0.5) is 4.79 Å². The van der Waals surface area contributed by atoms with Crippen LogP contribution in [-0.4, -0.2) is 28.6 Å². The Kier molecular flexibility index (Phi) is 7.35. The SMILES string of the molecule is CCOc1cc(/C=C2\SC(=O)N(Cc3ccccc3Cl)C2=O)ccc1OC(=O)c1ccccc1. The van der Waals surface area contributed by atoms with E-state index in [9.17, 15) is 14.4 Å². The van der Waals surface area contributed by atoms with E-state index in [-0.39, 0.29) is 22.4 Å². The highest BCUT2D eigenvalue weighted by molar-refractivity contribution is 8.18. The van der Waals surface area contributed by atoms with Gasteiger partial charge in [0.15, 0.2) is 11.5 Å². The average Bonchev–Trinajstić information content (AvgIpc) is 3.10. The second-order valence-corrected chi connectivity index (χ2v) is 8.65. The molecule has 1 heterocycles. The van der Waals surface area contributed by atoms with Gasteiger partial charge < -0.3 is 9.47 Å². The molecule has 4 rings (SSSR count). The standard InChI is InChI=1S/C26H20ClNO5S/c1-2-32-22-14-17(12-13-21(22)33-25(30)18-8-4-3-5-9-18)15-23-24(29)28(26(31)34-23)16-19-10-6-7-11-20(19)27/h3-15H,2,16H2,1H3/b23-15-. The number of rotatable bonds is 7. The number of carbonyl (C=O) groups excluding carboxylic acids is 3. The molecule has 0 radical (unpaired) electrons. The molecule has 3 aromatic carbocycles. The van der Waals surface area contributed by atoms with E-state index in [1.807, 2.05) is 13.0 Å². The molecule has 1 aliphatic heterocycles. The topological polar surface area (TPSA) is 72.9 Å². The summed E-state index contributed by atoms with van der Waals surface area (Å²) in [5, 5.41) is 0.127. The molecule has 0 aromatic heterocycles. The molecular formula is C26H20ClNO5S. The molecule has 0 atom stereocenters. The van der Waals surface area contributed by atoms with E-state index in [2.05, 4.69) is 0 Å². The Bertz CT molecular complexity index is 1280. The fraction of sp³-hybridized carbons (Fsp3) is 0.115. The van der Waals surface area contributed by atoms with Gasteiger partial charge in [-0.1, -0.05) is 54.1 Å². The lowest BCUT2D eigenvalue weighted by Crippen LogP contribution is -2.27. The van der Waals surface area contributed by atoms with E-state index in [1.165, 1.54) is 0 Å². The summed E-state index contributed by atoms with van der Waals surface area (Å²) in [6, 6.07) is 20.7. The second-order valence-electron chi connectivity index (χ2n) is 7.25. The van der Waals surface area contributed by atoms with Gasteiger partial charge in [-0.2, -0.15) is 0 Å². The molecule has 6 nitrogen and oxygen atoms in total. The predicted molar refractivity (Wildman–Crippen MR) is 132 cm³/mol. The van der Waals surface area contributed by atoms with Crippen LogP contribution in [-0.2, 0) is 11.3 Å². The highest BCUT2D eigenvalue weighted by atomic mass is 35.5. The highest BCUT2D eigenvalue weighted by Gasteiger charge is 2.35. The van der Waals surface area contributed by atoms with E-state index in [0.717, 1.165) is 16.7 Å². The molecule has 1 fully saturated rings. The lowest BCUT2D eigenvalue weighted by Gasteiger charge is -2.13. The number of nitrogens with zero attached hydrogens (tertiary/aromatic N) is 1. The number of carbonyl (C=O) groups is 3. The van der Waals surface area contributed by atoms with Crippen molar-refractivity contribution < 1.29 is 23.9 Å². The van der Waals surface area contributed by atoms with E-state index in [0.29, 0.717) is 34.1 Å². The Balaban J connectivity index is 1.54. The summed E-state index contributed by atoms with van der Waals surface area (Å²) in [4.78, 5) is 39.3. The second kappa shape index (κ2) is 10.6. The van der Waals surface area contributed by atoms with E-state index >= 15 is 0 Å². The van der Waals surface area contributed by atoms with Crippen molar-refractivity contribution in [3.8, 4) is 11.5 Å². The third-order valence-corrected chi connectivity index (χ3v) is 6.21. The Morgan fingerprint density at radius 2 is 1.74 bits per heavy atom. The van der Waals surface area contributed by atoms with Crippen molar-refractivity contribution in [3.63, 3.8) is 0 Å². The van der Waals surface area contributed by atoms with Crippen molar-refractivity contribution in [3.05, 3.63) is 99.4 Å². The Labute approximate surface area is 206 Å². The van der Waals surface area contributed by atoms with Crippen LogP contribution in [0.5, 0.6) is 11.5 Å². The minimum Gasteiger partial charge on any atom is -0.490 e. The summed E-state index contributed by atoms with van der Waals surface area (Å²) in [6.07, 6.45) is 1.61. The lowest BCUT2D eigenvalue weighted by atomic mass is 10.1. The maximum atomic E-state index is 12.9. The minimum atomic E-state index is -0.505. The van der Waals surface area contributed by atoms with Gasteiger partial charge in [-0.05, 0) is 66.2 Å². The molecule has 3 aromatic rings. The van der Waals surface area contributed by atoms with Crippen LogP contribution in [0.25, 0.3) is 6.08 Å². The van der Waals surface area contributed by atoms with Crippen LogP contribution in [0.2, 0.25) is 5.02 Å². The van der Waals surface area contributed by atoms with Crippen LogP contribution in [0.1, 0.15) is 28.4 Å². The number of halogens is 1. The lowest BCUT2D eigenvalue weighted by molar-refractivity contribution is -0.123. The third kappa shape index (κ3) is 5.32. The monoisotopic (exact) mass is 493 g/mol. The van der Waals surface area contributed by atoms with Gasteiger partial charge in [0.2, 0.25) is 0 Å². The van der Waals surface area contributed by atoms with Crippen molar-refractivity contribution in [2.75, 3.05) is 6.61 Å². The number of benzene rings is 3. The summed E-state index contributed by atoms with van der Waals surface area (Å²) in [6.45, 7) is 2.27. The molecule has 1 aliphatic rings. The first kappa shape index (κ1) is 23.6. The van der Waals surface area contributed by atoms with Crippen molar-refractivity contribution >= 4 is 46.6 Å². The number of amides is 2. The molecular weight excluding hydrogens is 474 g/mol. The number of ether oxygens (including phenoxy) is 2. The maximum absolute atomic E-state index is 12.9. The van der Waals surface area contributed by atoms with E-state index < -0.39 is 11.9 Å². The Morgan fingerprint density at radius 1 is 1.00 bits per heavy atom. The molecule has 0 saturated carbocycles. The van der Waals surface area contributed by atoms with Gasteiger partial charge in [-0.15, -0.1) is 0 Å². The number of esters is 1. The summed E-state index contributed by atoms with van der Waals surface area (Å²) in [5.41, 5.74) is 1.74. The van der Waals surface area contributed by atoms with Crippen molar-refractivity contribution in [1.29, 1.82) is 0 Å². The van der Waals surface area contributed by atoms with Crippen molar-refractivity contribution in [2.24, 2.45) is 0 Å². The van der Waals surface area contributed by atoms with E-state index in [1.54, 1.807) is 72.8 Å². The van der Waals surface area contributed by atoms with Gasteiger partial charge >= 0.3 is 5.97 Å². The van der Waals surface area contributed by atoms with Crippen LogP contribution >= 0.6 is 23.4 Å². The smallest absolute Gasteiger partial charge is 0.343 e. The first-order valence-corrected chi connectivity index (χ1v) is 11.7. The third-order valence-electron chi connectivity index (χ3n) is 4.94. The first-order valence-electron chi connectivity index (χ1n) is 10.5. The summed E-state index contributed by atoms with van der Waals surface area (Å²) >= 11 is 7.04. The quantitative estimate of drug-likeness (QED) is 0.222. The van der Waals surface area contributed by atoms with Gasteiger partial charge in [-0.25, -0.2) is 4.79 Å². The zero-order valence-electron chi connectivity index (χ0n) is 18.2. The molecule has 0 aliphatic carbocycles. The summed E-state index contributed by atoms with van der Waals surface area (Å²) in [5.74, 6) is -0.280. The van der Waals surface area contributed by atoms with Crippen LogP contribution in [0, 0.1) is 0 Å². The summed E-state index contributed by atoms with van der Waals surface area (Å²) in [7, 11) is 0. The molecule has 34 heavy (non-hydrogen) atoms. The Morgan fingerprint density at radius 3 is 2.47 bits per heavy atom. The van der Waals surface area contributed by atoms with Crippen LogP contribution in [0.15, 0.2) is 77.7 Å². The fourth-order valence-electron chi connectivity index (χ4n) is 3.28. The zero-order valence-corrected chi connectivity index (χ0v) is 19.8. The fourth-order valence-corrected chi connectivity index (χ4v) is 4.32. The van der Waals surface area contributed by atoms with Crippen molar-refractivity contribution in [2.45, 2.75) is 13.5 Å². The number of hydrogen-bond donors (Lipinski definition) is 0. The highest BCUT2D eigenvalue weighted by Crippen LogP contribution is 2.36. The van der Waals surface area contributed by atoms with E-state index in [4.69, 9.17) is 21.1 Å². The number of hydrogen-bond acceptors (Lipinski definition) is 6. The molecule has 1 saturated heterocycles.